The summed E-state index contributed by atoms with van der Waals surface area (Å²) in [5.41, 5.74) is 1.58. The third kappa shape index (κ3) is 3.51. The molecule has 0 fully saturated rings. The molecule has 15 heavy (non-hydrogen) atoms. The van der Waals surface area contributed by atoms with Crippen molar-refractivity contribution in [3.63, 3.8) is 0 Å². The number of halogens is 1. The number of alkyl halides is 1. The van der Waals surface area contributed by atoms with E-state index < -0.39 is 0 Å². The van der Waals surface area contributed by atoms with E-state index in [1.54, 1.807) is 19.2 Å². The number of carbonyl (C=O) groups is 1. The SMILES string of the molecule is COc1ccc(C=O)c(C=CCCBr)c1. The summed E-state index contributed by atoms with van der Waals surface area (Å²) in [5, 5.41) is 0.921. The summed E-state index contributed by atoms with van der Waals surface area (Å²) in [7, 11) is 1.61. The highest BCUT2D eigenvalue weighted by Gasteiger charge is 1.99. The fourth-order valence-corrected chi connectivity index (χ4v) is 1.47. The number of benzene rings is 1. The summed E-state index contributed by atoms with van der Waals surface area (Å²) in [6.45, 7) is 0. The second-order valence-electron chi connectivity index (χ2n) is 2.99. The lowest BCUT2D eigenvalue weighted by Crippen LogP contribution is -1.89. The predicted molar refractivity (Wildman–Crippen MR) is 65.8 cm³/mol. The number of aldehydes is 1. The molecule has 0 aliphatic heterocycles. The molecule has 0 aromatic heterocycles. The molecule has 0 spiro atoms. The van der Waals surface area contributed by atoms with Crippen molar-refractivity contribution in [1.29, 1.82) is 0 Å². The summed E-state index contributed by atoms with van der Waals surface area (Å²) in [6.07, 6.45) is 5.76. The van der Waals surface area contributed by atoms with Gasteiger partial charge < -0.3 is 4.74 Å². The Hall–Kier alpha value is -1.09. The third-order valence-corrected chi connectivity index (χ3v) is 2.45. The normalized spacial score (nSPS) is 10.5. The van der Waals surface area contributed by atoms with Crippen molar-refractivity contribution in [2.45, 2.75) is 6.42 Å². The zero-order valence-electron chi connectivity index (χ0n) is 8.57. The summed E-state index contributed by atoms with van der Waals surface area (Å²) in [4.78, 5) is 10.8. The smallest absolute Gasteiger partial charge is 0.150 e. The average Bonchev–Trinajstić information content (AvgIpc) is 2.29. The molecule has 1 rings (SSSR count). The van der Waals surface area contributed by atoms with E-state index in [1.165, 1.54) is 0 Å². The molecule has 3 heteroatoms. The number of methoxy groups -OCH3 is 1. The van der Waals surface area contributed by atoms with Crippen LogP contribution in [0.25, 0.3) is 6.08 Å². The van der Waals surface area contributed by atoms with Crippen LogP contribution in [0.15, 0.2) is 24.3 Å². The van der Waals surface area contributed by atoms with Gasteiger partial charge in [0.15, 0.2) is 6.29 Å². The Morgan fingerprint density at radius 3 is 2.80 bits per heavy atom. The average molecular weight is 269 g/mol. The molecule has 1 aromatic carbocycles. The maximum absolute atomic E-state index is 10.8. The van der Waals surface area contributed by atoms with Crippen LogP contribution in [0.2, 0.25) is 0 Å². The van der Waals surface area contributed by atoms with Crippen molar-refractivity contribution >= 4 is 28.3 Å². The van der Waals surface area contributed by atoms with Gasteiger partial charge in [-0.3, -0.25) is 4.79 Å². The van der Waals surface area contributed by atoms with Gasteiger partial charge in [0.2, 0.25) is 0 Å². The van der Waals surface area contributed by atoms with Crippen LogP contribution in [0.4, 0.5) is 0 Å². The van der Waals surface area contributed by atoms with Gasteiger partial charge in [0, 0.05) is 10.9 Å². The van der Waals surface area contributed by atoms with E-state index in [4.69, 9.17) is 4.74 Å². The van der Waals surface area contributed by atoms with E-state index in [0.717, 1.165) is 29.4 Å². The molecule has 0 N–H and O–H groups in total. The fourth-order valence-electron chi connectivity index (χ4n) is 1.20. The van der Waals surface area contributed by atoms with Crippen molar-refractivity contribution in [2.75, 3.05) is 12.4 Å². The van der Waals surface area contributed by atoms with Crippen LogP contribution in [-0.4, -0.2) is 18.7 Å². The maximum Gasteiger partial charge on any atom is 0.150 e. The van der Waals surface area contributed by atoms with Crippen LogP contribution in [0, 0.1) is 0 Å². The van der Waals surface area contributed by atoms with E-state index in [0.29, 0.717) is 5.56 Å². The summed E-state index contributed by atoms with van der Waals surface area (Å²) in [6, 6.07) is 5.40. The molecule has 0 aliphatic carbocycles. The van der Waals surface area contributed by atoms with Crippen molar-refractivity contribution < 1.29 is 9.53 Å². The number of hydrogen-bond acceptors (Lipinski definition) is 2. The van der Waals surface area contributed by atoms with Crippen molar-refractivity contribution in [2.24, 2.45) is 0 Å². The van der Waals surface area contributed by atoms with Crippen molar-refractivity contribution in [3.05, 3.63) is 35.4 Å². The minimum absolute atomic E-state index is 0.682. The fraction of sp³-hybridized carbons (Fsp3) is 0.250. The Kier molecular flexibility index (Phi) is 5.12. The summed E-state index contributed by atoms with van der Waals surface area (Å²) >= 11 is 3.34. The minimum atomic E-state index is 0.682. The van der Waals surface area contributed by atoms with Crippen LogP contribution >= 0.6 is 15.9 Å². The molecule has 0 radical (unpaired) electrons. The van der Waals surface area contributed by atoms with E-state index in [-0.39, 0.29) is 0 Å². The predicted octanol–water partition coefficient (Wildman–Crippen LogP) is 3.31. The molecule has 0 saturated carbocycles. The first kappa shape index (κ1) is 12.0. The van der Waals surface area contributed by atoms with Gasteiger partial charge in [-0.1, -0.05) is 28.1 Å². The van der Waals surface area contributed by atoms with Gasteiger partial charge in [-0.2, -0.15) is 0 Å². The summed E-state index contributed by atoms with van der Waals surface area (Å²) < 4.78 is 5.10. The van der Waals surface area contributed by atoms with Crippen LogP contribution < -0.4 is 4.74 Å². The van der Waals surface area contributed by atoms with Crippen LogP contribution in [0.3, 0.4) is 0 Å². The molecule has 0 saturated heterocycles. The first-order chi connectivity index (χ1) is 7.31. The quantitative estimate of drug-likeness (QED) is 0.605. The number of hydrogen-bond donors (Lipinski definition) is 0. The lowest BCUT2D eigenvalue weighted by Gasteiger charge is -2.03. The van der Waals surface area contributed by atoms with Gasteiger partial charge >= 0.3 is 0 Å². The van der Waals surface area contributed by atoms with E-state index in [1.807, 2.05) is 18.2 Å². The van der Waals surface area contributed by atoms with Gasteiger partial charge in [-0.15, -0.1) is 0 Å². The van der Waals surface area contributed by atoms with E-state index in [9.17, 15) is 4.79 Å². The van der Waals surface area contributed by atoms with Crippen molar-refractivity contribution in [3.8, 4) is 5.75 Å². The Morgan fingerprint density at radius 1 is 1.40 bits per heavy atom. The largest absolute Gasteiger partial charge is 0.497 e. The molecule has 0 bridgehead atoms. The highest BCUT2D eigenvalue weighted by molar-refractivity contribution is 9.09. The van der Waals surface area contributed by atoms with E-state index in [2.05, 4.69) is 15.9 Å². The molecular weight excluding hydrogens is 256 g/mol. The number of carbonyl (C=O) groups excluding carboxylic acids is 1. The lowest BCUT2D eigenvalue weighted by molar-refractivity contribution is 0.112. The van der Waals surface area contributed by atoms with Gasteiger partial charge in [0.1, 0.15) is 5.75 Å². The Bertz CT molecular complexity index is 359. The standard InChI is InChI=1S/C12H13BrO2/c1-15-12-6-5-11(9-14)10(8-12)4-2-3-7-13/h2,4-6,8-9H,3,7H2,1H3. The summed E-state index contributed by atoms with van der Waals surface area (Å²) in [5.74, 6) is 0.763. The second-order valence-corrected chi connectivity index (χ2v) is 3.79. The maximum atomic E-state index is 10.8. The van der Waals surface area contributed by atoms with E-state index >= 15 is 0 Å². The molecule has 0 atom stereocenters. The molecule has 0 amide bonds. The van der Waals surface area contributed by atoms with Crippen LogP contribution in [-0.2, 0) is 0 Å². The molecule has 0 aliphatic rings. The molecule has 0 unspecified atom stereocenters. The zero-order chi connectivity index (χ0) is 11.1. The molecule has 2 nitrogen and oxygen atoms in total. The number of ether oxygens (including phenoxy) is 1. The highest BCUT2D eigenvalue weighted by atomic mass is 79.9. The first-order valence-corrected chi connectivity index (χ1v) is 5.79. The zero-order valence-corrected chi connectivity index (χ0v) is 10.2. The van der Waals surface area contributed by atoms with Gasteiger partial charge in [0.25, 0.3) is 0 Å². The Balaban J connectivity index is 2.95. The van der Waals surface area contributed by atoms with Gasteiger partial charge in [-0.05, 0) is 30.2 Å². The number of rotatable bonds is 5. The molecular formula is C12H13BrO2. The van der Waals surface area contributed by atoms with Gasteiger partial charge in [-0.25, -0.2) is 0 Å². The second kappa shape index (κ2) is 6.40. The molecule has 0 heterocycles. The topological polar surface area (TPSA) is 26.3 Å². The minimum Gasteiger partial charge on any atom is -0.497 e. The van der Waals surface area contributed by atoms with Gasteiger partial charge in [0.05, 0.1) is 7.11 Å². The van der Waals surface area contributed by atoms with Crippen LogP contribution in [0.1, 0.15) is 22.3 Å². The monoisotopic (exact) mass is 268 g/mol. The van der Waals surface area contributed by atoms with Crippen LogP contribution in [0.5, 0.6) is 5.75 Å². The van der Waals surface area contributed by atoms with Crippen molar-refractivity contribution in [1.82, 2.24) is 0 Å². The molecule has 1 aromatic rings. The molecule has 80 valence electrons. The Morgan fingerprint density at radius 2 is 2.20 bits per heavy atom. The third-order valence-electron chi connectivity index (χ3n) is 1.99. The Labute approximate surface area is 98.1 Å². The highest BCUT2D eigenvalue weighted by Crippen LogP contribution is 2.18. The first-order valence-electron chi connectivity index (χ1n) is 4.67. The lowest BCUT2D eigenvalue weighted by atomic mass is 10.1. The number of allylic oxidation sites excluding steroid dienone is 1.